The molecule has 2 aromatic rings. The highest BCUT2D eigenvalue weighted by atomic mass is 35.5. The third kappa shape index (κ3) is 3.70. The molecule has 0 aromatic heterocycles. The number of methoxy groups -OCH3 is 1. The summed E-state index contributed by atoms with van der Waals surface area (Å²) in [5, 5.41) is 4.82. The highest BCUT2D eigenvalue weighted by Crippen LogP contribution is 2.35. The first kappa shape index (κ1) is 16.2. The number of aryl methyl sites for hydroxylation is 1. The Morgan fingerprint density at radius 3 is 2.52 bits per heavy atom. The topological polar surface area (TPSA) is 21.3 Å². The van der Waals surface area contributed by atoms with Crippen LogP contribution in [0.5, 0.6) is 5.75 Å². The molecule has 21 heavy (non-hydrogen) atoms. The molecule has 0 fully saturated rings. The normalized spacial score (nSPS) is 12.2. The zero-order valence-electron chi connectivity index (χ0n) is 12.4. The summed E-state index contributed by atoms with van der Waals surface area (Å²) in [5.74, 6) is 0.836. The van der Waals surface area contributed by atoms with Gasteiger partial charge in [-0.3, -0.25) is 0 Å². The van der Waals surface area contributed by atoms with Crippen LogP contribution in [0.1, 0.15) is 29.7 Å². The third-order valence-corrected chi connectivity index (χ3v) is 3.95. The van der Waals surface area contributed by atoms with Crippen LogP contribution in [-0.4, -0.2) is 13.7 Å². The average Bonchev–Trinajstić information content (AvgIpc) is 2.47. The summed E-state index contributed by atoms with van der Waals surface area (Å²) in [4.78, 5) is 0. The molecule has 0 saturated carbocycles. The zero-order chi connectivity index (χ0) is 15.4. The van der Waals surface area contributed by atoms with Gasteiger partial charge in [-0.15, -0.1) is 0 Å². The van der Waals surface area contributed by atoms with Crippen molar-refractivity contribution in [1.82, 2.24) is 5.32 Å². The lowest BCUT2D eigenvalue weighted by Gasteiger charge is -2.23. The van der Waals surface area contributed by atoms with Crippen LogP contribution in [-0.2, 0) is 0 Å². The monoisotopic (exact) mass is 323 g/mol. The van der Waals surface area contributed by atoms with Crippen molar-refractivity contribution in [3.8, 4) is 5.75 Å². The number of rotatable bonds is 5. The maximum Gasteiger partial charge on any atom is 0.124 e. The van der Waals surface area contributed by atoms with Crippen molar-refractivity contribution in [2.24, 2.45) is 0 Å². The van der Waals surface area contributed by atoms with E-state index in [-0.39, 0.29) is 6.04 Å². The molecule has 2 rings (SSSR count). The van der Waals surface area contributed by atoms with Gasteiger partial charge >= 0.3 is 0 Å². The molecule has 0 aliphatic carbocycles. The highest BCUT2D eigenvalue weighted by Gasteiger charge is 2.20. The molecule has 4 heteroatoms. The summed E-state index contributed by atoms with van der Waals surface area (Å²) in [6.07, 6.45) is 0. The number of benzene rings is 2. The van der Waals surface area contributed by atoms with Crippen molar-refractivity contribution in [2.45, 2.75) is 19.9 Å². The molecule has 1 N–H and O–H groups in total. The molecule has 1 unspecified atom stereocenters. The van der Waals surface area contributed by atoms with E-state index >= 15 is 0 Å². The Balaban J connectivity index is 2.58. The standard InChI is InChI=1S/C17H19Cl2NO/c1-4-20-17(13-10-12(18)6-7-15(13)19)14-9-11(2)5-8-16(14)21-3/h5-10,17,20H,4H2,1-3H3. The average molecular weight is 324 g/mol. The van der Waals surface area contributed by atoms with Gasteiger partial charge in [0.1, 0.15) is 5.75 Å². The first-order chi connectivity index (χ1) is 10.1. The molecular formula is C17H19Cl2NO. The lowest BCUT2D eigenvalue weighted by Crippen LogP contribution is -2.23. The first-order valence-corrected chi connectivity index (χ1v) is 7.65. The van der Waals surface area contributed by atoms with Gasteiger partial charge in [-0.1, -0.05) is 47.8 Å². The fourth-order valence-electron chi connectivity index (χ4n) is 2.41. The molecule has 112 valence electrons. The Bertz CT molecular complexity index is 628. The van der Waals surface area contributed by atoms with Gasteiger partial charge in [0, 0.05) is 15.6 Å². The third-order valence-electron chi connectivity index (χ3n) is 3.37. The number of hydrogen-bond donors (Lipinski definition) is 1. The van der Waals surface area contributed by atoms with E-state index in [1.54, 1.807) is 13.2 Å². The maximum atomic E-state index is 6.37. The van der Waals surface area contributed by atoms with Crippen LogP contribution in [0.25, 0.3) is 0 Å². The minimum Gasteiger partial charge on any atom is -0.496 e. The summed E-state index contributed by atoms with van der Waals surface area (Å²) in [7, 11) is 1.68. The molecule has 2 aromatic carbocycles. The Hall–Kier alpha value is -1.22. The maximum absolute atomic E-state index is 6.37. The van der Waals surface area contributed by atoms with Gasteiger partial charge in [-0.2, -0.15) is 0 Å². The molecule has 0 bridgehead atoms. The molecule has 0 aliphatic heterocycles. The second kappa shape index (κ2) is 7.17. The first-order valence-electron chi connectivity index (χ1n) is 6.89. The lowest BCUT2D eigenvalue weighted by atomic mass is 9.96. The van der Waals surface area contributed by atoms with Crippen molar-refractivity contribution >= 4 is 23.2 Å². The van der Waals surface area contributed by atoms with Crippen molar-refractivity contribution in [1.29, 1.82) is 0 Å². The smallest absolute Gasteiger partial charge is 0.124 e. The van der Waals surface area contributed by atoms with Gasteiger partial charge in [0.25, 0.3) is 0 Å². The second-order valence-corrected chi connectivity index (χ2v) is 5.75. The molecule has 2 nitrogen and oxygen atoms in total. The van der Waals surface area contributed by atoms with Crippen LogP contribution in [0.15, 0.2) is 36.4 Å². The number of nitrogens with one attached hydrogen (secondary N) is 1. The van der Waals surface area contributed by atoms with Gasteiger partial charge in [0.15, 0.2) is 0 Å². The number of hydrogen-bond acceptors (Lipinski definition) is 2. The van der Waals surface area contributed by atoms with E-state index in [1.165, 1.54) is 5.56 Å². The van der Waals surface area contributed by atoms with E-state index in [2.05, 4.69) is 25.2 Å². The summed E-state index contributed by atoms with van der Waals surface area (Å²) >= 11 is 12.5. The molecule has 0 radical (unpaired) electrons. The Kier molecular flexibility index (Phi) is 5.51. The summed E-state index contributed by atoms with van der Waals surface area (Å²) in [6.45, 7) is 4.93. The van der Waals surface area contributed by atoms with E-state index in [9.17, 15) is 0 Å². The summed E-state index contributed by atoms with van der Waals surface area (Å²) in [5.41, 5.74) is 3.19. The molecule has 1 atom stereocenters. The van der Waals surface area contributed by atoms with Crippen molar-refractivity contribution < 1.29 is 4.74 Å². The fraction of sp³-hybridized carbons (Fsp3) is 0.294. The number of halogens is 2. The van der Waals surface area contributed by atoms with Gasteiger partial charge in [-0.25, -0.2) is 0 Å². The second-order valence-electron chi connectivity index (χ2n) is 4.90. The Morgan fingerprint density at radius 1 is 1.10 bits per heavy atom. The van der Waals surface area contributed by atoms with Gasteiger partial charge in [0.2, 0.25) is 0 Å². The Labute approximate surface area is 136 Å². The number of ether oxygens (including phenoxy) is 1. The predicted molar refractivity (Wildman–Crippen MR) is 89.7 cm³/mol. The van der Waals surface area contributed by atoms with Gasteiger partial charge < -0.3 is 10.1 Å². The Morgan fingerprint density at radius 2 is 1.86 bits per heavy atom. The van der Waals surface area contributed by atoms with E-state index in [0.29, 0.717) is 10.0 Å². The molecule has 0 saturated heterocycles. The predicted octanol–water partition coefficient (Wildman–Crippen LogP) is 5.01. The highest BCUT2D eigenvalue weighted by molar-refractivity contribution is 6.33. The van der Waals surface area contributed by atoms with E-state index in [0.717, 1.165) is 23.4 Å². The summed E-state index contributed by atoms with van der Waals surface area (Å²) < 4.78 is 5.50. The fourth-order valence-corrected chi connectivity index (χ4v) is 2.81. The van der Waals surface area contributed by atoms with E-state index < -0.39 is 0 Å². The largest absolute Gasteiger partial charge is 0.496 e. The van der Waals surface area contributed by atoms with Crippen LogP contribution < -0.4 is 10.1 Å². The van der Waals surface area contributed by atoms with Gasteiger partial charge in [-0.05, 0) is 43.3 Å². The molecule has 0 heterocycles. The van der Waals surface area contributed by atoms with Crippen molar-refractivity contribution in [3.05, 3.63) is 63.1 Å². The lowest BCUT2D eigenvalue weighted by molar-refractivity contribution is 0.404. The van der Waals surface area contributed by atoms with E-state index in [1.807, 2.05) is 24.3 Å². The van der Waals surface area contributed by atoms with Crippen molar-refractivity contribution in [3.63, 3.8) is 0 Å². The van der Waals surface area contributed by atoms with Crippen LogP contribution >= 0.6 is 23.2 Å². The van der Waals surface area contributed by atoms with Crippen molar-refractivity contribution in [2.75, 3.05) is 13.7 Å². The quantitative estimate of drug-likeness (QED) is 0.835. The van der Waals surface area contributed by atoms with Gasteiger partial charge in [0.05, 0.1) is 13.2 Å². The minimum atomic E-state index is -0.0592. The molecular weight excluding hydrogens is 305 g/mol. The van der Waals surface area contributed by atoms with E-state index in [4.69, 9.17) is 27.9 Å². The molecule has 0 aliphatic rings. The SMILES string of the molecule is CCNC(c1cc(Cl)ccc1Cl)c1cc(C)ccc1OC. The zero-order valence-corrected chi connectivity index (χ0v) is 13.9. The minimum absolute atomic E-state index is 0.0592. The summed E-state index contributed by atoms with van der Waals surface area (Å²) in [6, 6.07) is 11.6. The van der Waals surface area contributed by atoms with Crippen LogP contribution in [0.4, 0.5) is 0 Å². The molecule has 0 spiro atoms. The van der Waals surface area contributed by atoms with Crippen LogP contribution in [0, 0.1) is 6.92 Å². The van der Waals surface area contributed by atoms with Crippen LogP contribution in [0.2, 0.25) is 10.0 Å². The van der Waals surface area contributed by atoms with Crippen LogP contribution in [0.3, 0.4) is 0 Å². The molecule has 0 amide bonds.